The van der Waals surface area contributed by atoms with Gasteiger partial charge in [-0.25, -0.2) is 0 Å². The van der Waals surface area contributed by atoms with Gasteiger partial charge in [-0.2, -0.15) is 8.42 Å². The van der Waals surface area contributed by atoms with Crippen LogP contribution in [0.25, 0.3) is 0 Å². The second-order valence-corrected chi connectivity index (χ2v) is 13.6. The van der Waals surface area contributed by atoms with Gasteiger partial charge in [0.1, 0.15) is 0 Å². The Hall–Kier alpha value is -0.920. The summed E-state index contributed by atoms with van der Waals surface area (Å²) in [6.07, 6.45) is 33.0. The lowest BCUT2D eigenvalue weighted by Gasteiger charge is -2.23. The molecule has 3 N–H and O–H groups in total. The first kappa shape index (κ1) is 40.1. The van der Waals surface area contributed by atoms with E-state index < -0.39 is 28.0 Å². The number of carbonyl (C=O) groups is 1. The molecule has 2 unspecified atom stereocenters. The number of nitrogens with one attached hydrogen (secondary N) is 1. The van der Waals surface area contributed by atoms with Crippen LogP contribution in [0.15, 0.2) is 12.2 Å². The molecule has 1 amide bonds. The van der Waals surface area contributed by atoms with E-state index in [4.69, 9.17) is 0 Å². The molecule has 0 fully saturated rings. The highest BCUT2D eigenvalue weighted by atomic mass is 32.2. The molecule has 0 heterocycles. The van der Waals surface area contributed by atoms with Crippen LogP contribution in [0.1, 0.15) is 181 Å². The van der Waals surface area contributed by atoms with E-state index in [2.05, 4.69) is 31.3 Å². The molecule has 6 nitrogen and oxygen atoms in total. The van der Waals surface area contributed by atoms with Gasteiger partial charge >= 0.3 is 0 Å². The predicted octanol–water partition coefficient (Wildman–Crippen LogP) is 9.46. The third-order valence-electron chi connectivity index (χ3n) is 7.95. The maximum absolute atomic E-state index is 12.4. The van der Waals surface area contributed by atoms with Crippen LogP contribution in [-0.4, -0.2) is 41.9 Å². The highest BCUT2D eigenvalue weighted by Crippen LogP contribution is 2.15. The van der Waals surface area contributed by atoms with Gasteiger partial charge in [0, 0.05) is 6.42 Å². The number of carbonyl (C=O) groups excluding carboxylic acids is 1. The van der Waals surface area contributed by atoms with Gasteiger partial charge in [-0.05, 0) is 32.1 Å². The Bertz CT molecular complexity index is 710. The van der Waals surface area contributed by atoms with Gasteiger partial charge in [0.25, 0.3) is 10.1 Å². The number of aliphatic hydroxyl groups is 1. The molecule has 41 heavy (non-hydrogen) atoms. The molecule has 0 aliphatic rings. The minimum absolute atomic E-state index is 0.257. The predicted molar refractivity (Wildman–Crippen MR) is 175 cm³/mol. The van der Waals surface area contributed by atoms with Crippen LogP contribution in [0.5, 0.6) is 0 Å². The van der Waals surface area contributed by atoms with Gasteiger partial charge in [-0.15, -0.1) is 0 Å². The molecule has 0 aliphatic heterocycles. The van der Waals surface area contributed by atoms with E-state index in [-0.39, 0.29) is 5.91 Å². The average molecular weight is 602 g/mol. The van der Waals surface area contributed by atoms with Crippen molar-refractivity contribution in [2.45, 2.75) is 193 Å². The lowest BCUT2D eigenvalue weighted by atomic mass is 10.0. The zero-order valence-corrected chi connectivity index (χ0v) is 27.7. The van der Waals surface area contributed by atoms with Gasteiger partial charge in [-0.1, -0.05) is 154 Å². The number of aliphatic hydroxyl groups excluding tert-OH is 1. The SMILES string of the molecule is CCC/C=C\CCCCCCCC(=O)NC(CS(=O)(=O)O)C(O)CCCCCCCCCCCCCCCCCC. The fourth-order valence-corrected chi connectivity index (χ4v) is 6.10. The first-order valence-corrected chi connectivity index (χ1v) is 19.0. The number of rotatable bonds is 31. The summed E-state index contributed by atoms with van der Waals surface area (Å²) in [7, 11) is -4.30. The summed E-state index contributed by atoms with van der Waals surface area (Å²) in [5, 5.41) is 13.3. The van der Waals surface area contributed by atoms with Crippen molar-refractivity contribution in [2.75, 3.05) is 5.75 Å². The maximum atomic E-state index is 12.4. The summed E-state index contributed by atoms with van der Waals surface area (Å²) in [5.41, 5.74) is 0. The highest BCUT2D eigenvalue weighted by Gasteiger charge is 2.26. The molecule has 0 saturated heterocycles. The van der Waals surface area contributed by atoms with Gasteiger partial charge < -0.3 is 10.4 Å². The van der Waals surface area contributed by atoms with Crippen molar-refractivity contribution in [1.82, 2.24) is 5.32 Å². The van der Waals surface area contributed by atoms with Crippen molar-refractivity contribution in [3.8, 4) is 0 Å². The van der Waals surface area contributed by atoms with Crippen LogP contribution in [0.4, 0.5) is 0 Å². The first-order valence-electron chi connectivity index (χ1n) is 17.4. The summed E-state index contributed by atoms with van der Waals surface area (Å²) in [6.45, 7) is 4.44. The fourth-order valence-electron chi connectivity index (χ4n) is 5.34. The van der Waals surface area contributed by atoms with Crippen LogP contribution in [-0.2, 0) is 14.9 Å². The van der Waals surface area contributed by atoms with E-state index in [1.54, 1.807) is 0 Å². The second kappa shape index (κ2) is 29.2. The smallest absolute Gasteiger partial charge is 0.266 e. The Balaban J connectivity index is 3.91. The van der Waals surface area contributed by atoms with Gasteiger partial charge in [0.2, 0.25) is 5.91 Å². The zero-order chi connectivity index (χ0) is 30.4. The molecule has 0 saturated carbocycles. The lowest BCUT2D eigenvalue weighted by Crippen LogP contribution is -2.47. The normalized spacial score (nSPS) is 13.6. The highest BCUT2D eigenvalue weighted by molar-refractivity contribution is 7.85. The first-order chi connectivity index (χ1) is 19.8. The van der Waals surface area contributed by atoms with Crippen molar-refractivity contribution < 1.29 is 22.9 Å². The molecule has 7 heteroatoms. The van der Waals surface area contributed by atoms with E-state index in [0.29, 0.717) is 12.8 Å². The molecule has 0 aliphatic carbocycles. The zero-order valence-electron chi connectivity index (χ0n) is 26.9. The van der Waals surface area contributed by atoms with Crippen LogP contribution in [0, 0.1) is 0 Å². The summed E-state index contributed by atoms with van der Waals surface area (Å²) in [4.78, 5) is 12.4. The number of unbranched alkanes of at least 4 members (excludes halogenated alkanes) is 21. The quantitative estimate of drug-likeness (QED) is 0.0417. The Morgan fingerprint density at radius 2 is 1.07 bits per heavy atom. The third-order valence-corrected chi connectivity index (χ3v) is 8.73. The second-order valence-electron chi connectivity index (χ2n) is 12.1. The molecule has 0 aromatic carbocycles. The van der Waals surface area contributed by atoms with Crippen LogP contribution >= 0.6 is 0 Å². The van der Waals surface area contributed by atoms with Crippen LogP contribution in [0.2, 0.25) is 0 Å². The molecule has 0 rings (SSSR count). The standard InChI is InChI=1S/C34H67NO5S/c1-3-5-7-9-11-13-15-16-17-18-19-20-21-23-25-27-29-33(36)32(31-41(38,39)40)35-34(37)30-28-26-24-22-14-12-10-8-6-4-2/h8,10,32-33,36H,3-7,9,11-31H2,1-2H3,(H,35,37)(H,38,39,40)/b10-8-. The van der Waals surface area contributed by atoms with E-state index >= 15 is 0 Å². The van der Waals surface area contributed by atoms with Crippen molar-refractivity contribution in [3.05, 3.63) is 12.2 Å². The average Bonchev–Trinajstić information content (AvgIpc) is 2.92. The molecule has 2 atom stereocenters. The van der Waals surface area contributed by atoms with Crippen LogP contribution in [0.3, 0.4) is 0 Å². The Morgan fingerprint density at radius 1 is 0.634 bits per heavy atom. The van der Waals surface area contributed by atoms with Gasteiger partial charge in [0.15, 0.2) is 0 Å². The number of hydrogen-bond acceptors (Lipinski definition) is 4. The van der Waals surface area contributed by atoms with E-state index in [1.165, 1.54) is 89.9 Å². The molecule has 0 spiro atoms. The van der Waals surface area contributed by atoms with Crippen molar-refractivity contribution in [2.24, 2.45) is 0 Å². The number of allylic oxidation sites excluding steroid dienone is 2. The summed E-state index contributed by atoms with van der Waals surface area (Å²) < 4.78 is 32.3. The molecular weight excluding hydrogens is 534 g/mol. The van der Waals surface area contributed by atoms with Crippen LogP contribution < -0.4 is 5.32 Å². The van der Waals surface area contributed by atoms with E-state index in [9.17, 15) is 22.9 Å². The Labute approximate surface area is 254 Å². The minimum Gasteiger partial charge on any atom is -0.391 e. The summed E-state index contributed by atoms with van der Waals surface area (Å²) in [5.74, 6) is -0.906. The van der Waals surface area contributed by atoms with Gasteiger partial charge in [0.05, 0.1) is 17.9 Å². The topological polar surface area (TPSA) is 104 Å². The molecule has 0 aromatic rings. The fraction of sp³-hybridized carbons (Fsp3) is 0.912. The van der Waals surface area contributed by atoms with E-state index in [0.717, 1.165) is 64.2 Å². The molecule has 0 aromatic heterocycles. The molecule has 0 bridgehead atoms. The molecule has 0 radical (unpaired) electrons. The largest absolute Gasteiger partial charge is 0.391 e. The molecular formula is C34H67NO5S. The molecule has 244 valence electrons. The monoisotopic (exact) mass is 601 g/mol. The lowest BCUT2D eigenvalue weighted by molar-refractivity contribution is -0.122. The Kier molecular flexibility index (Phi) is 28.5. The van der Waals surface area contributed by atoms with Crippen molar-refractivity contribution >= 4 is 16.0 Å². The van der Waals surface area contributed by atoms with Crippen molar-refractivity contribution in [1.29, 1.82) is 0 Å². The number of amides is 1. The third kappa shape index (κ3) is 30.3. The number of hydrogen-bond donors (Lipinski definition) is 3. The summed E-state index contributed by atoms with van der Waals surface area (Å²) >= 11 is 0. The minimum atomic E-state index is -4.30. The Morgan fingerprint density at radius 3 is 1.56 bits per heavy atom. The summed E-state index contributed by atoms with van der Waals surface area (Å²) in [6, 6.07) is -0.969. The van der Waals surface area contributed by atoms with E-state index in [1.807, 2.05) is 0 Å². The van der Waals surface area contributed by atoms with Gasteiger partial charge in [-0.3, -0.25) is 9.35 Å². The van der Waals surface area contributed by atoms with Crippen molar-refractivity contribution in [3.63, 3.8) is 0 Å². The maximum Gasteiger partial charge on any atom is 0.266 e.